The van der Waals surface area contributed by atoms with E-state index in [4.69, 9.17) is 16.3 Å². The average Bonchev–Trinajstić information content (AvgIpc) is 3.15. The van der Waals surface area contributed by atoms with Crippen LogP contribution < -0.4 is 0 Å². The van der Waals surface area contributed by atoms with E-state index in [0.29, 0.717) is 30.6 Å². The minimum Gasteiger partial charge on any atom is -0.444 e. The van der Waals surface area contributed by atoms with E-state index in [9.17, 15) is 13.2 Å². The highest BCUT2D eigenvalue weighted by Gasteiger charge is 2.29. The molecule has 1 amide bonds. The summed E-state index contributed by atoms with van der Waals surface area (Å²) < 4.78 is 33.8. The molecule has 4 rings (SSSR count). The zero-order valence-corrected chi connectivity index (χ0v) is 19.5. The summed E-state index contributed by atoms with van der Waals surface area (Å²) in [5, 5.41) is 0.615. The summed E-state index contributed by atoms with van der Waals surface area (Å²) in [5.41, 5.74) is 0.847. The molecule has 32 heavy (non-hydrogen) atoms. The largest absolute Gasteiger partial charge is 0.444 e. The van der Waals surface area contributed by atoms with E-state index in [-0.39, 0.29) is 15.7 Å². The Balaban J connectivity index is 1.78. The third kappa shape index (κ3) is 4.22. The Morgan fingerprint density at radius 2 is 1.88 bits per heavy atom. The second-order valence-corrected chi connectivity index (χ2v) is 10.6. The van der Waals surface area contributed by atoms with Gasteiger partial charge in [0.15, 0.2) is 5.65 Å². The highest BCUT2D eigenvalue weighted by Crippen LogP contribution is 2.33. The fourth-order valence-electron chi connectivity index (χ4n) is 3.52. The van der Waals surface area contributed by atoms with Crippen LogP contribution in [0.15, 0.2) is 53.7 Å². The zero-order valence-electron chi connectivity index (χ0n) is 17.9. The van der Waals surface area contributed by atoms with Crippen LogP contribution in [-0.2, 0) is 14.8 Å². The number of ether oxygens (including phenoxy) is 1. The van der Waals surface area contributed by atoms with Crippen LogP contribution >= 0.6 is 11.6 Å². The molecule has 168 valence electrons. The number of hydrogen-bond donors (Lipinski definition) is 0. The number of halogens is 1. The van der Waals surface area contributed by atoms with Gasteiger partial charge in [0.05, 0.1) is 16.0 Å². The number of fused-ring (bicyclic) bond motifs is 1. The van der Waals surface area contributed by atoms with Crippen LogP contribution in [-0.4, -0.2) is 52.0 Å². The maximum Gasteiger partial charge on any atom is 0.410 e. The van der Waals surface area contributed by atoms with Crippen molar-refractivity contribution in [2.45, 2.75) is 37.7 Å². The van der Waals surface area contributed by atoms with Crippen molar-refractivity contribution < 1.29 is 17.9 Å². The quantitative estimate of drug-likeness (QED) is 0.524. The van der Waals surface area contributed by atoms with E-state index >= 15 is 0 Å². The molecule has 3 heterocycles. The Bertz CT molecular complexity index is 1310. The first-order valence-electron chi connectivity index (χ1n) is 10.1. The number of rotatable bonds is 3. The normalized spacial score (nSPS) is 15.0. The zero-order chi connectivity index (χ0) is 23.1. The van der Waals surface area contributed by atoms with Crippen LogP contribution in [0.4, 0.5) is 4.79 Å². The van der Waals surface area contributed by atoms with E-state index < -0.39 is 21.7 Å². The molecule has 1 aliphatic rings. The van der Waals surface area contributed by atoms with Gasteiger partial charge in [-0.2, -0.15) is 0 Å². The van der Waals surface area contributed by atoms with E-state index in [0.717, 1.165) is 5.57 Å². The van der Waals surface area contributed by atoms with Gasteiger partial charge in [-0.05, 0) is 51.0 Å². The lowest BCUT2D eigenvalue weighted by Gasteiger charge is -2.29. The SMILES string of the molecule is CC(C)(C)OC(=O)N1CC=C(c2cc3c(Cl)ncnc3n2S(=O)(=O)c2ccccc2)CC1. The Hall–Kier alpha value is -2.91. The van der Waals surface area contributed by atoms with Crippen molar-refractivity contribution in [1.82, 2.24) is 18.8 Å². The number of amides is 1. The Morgan fingerprint density at radius 3 is 2.50 bits per heavy atom. The van der Waals surface area contributed by atoms with Gasteiger partial charge >= 0.3 is 6.09 Å². The molecule has 3 aromatic rings. The molecule has 0 N–H and O–H groups in total. The van der Waals surface area contributed by atoms with Gasteiger partial charge in [-0.15, -0.1) is 0 Å². The van der Waals surface area contributed by atoms with Gasteiger partial charge in [-0.1, -0.05) is 35.9 Å². The number of nitrogens with zero attached hydrogens (tertiary/aromatic N) is 4. The number of benzene rings is 1. The minimum atomic E-state index is -3.95. The topological polar surface area (TPSA) is 94.4 Å². The highest BCUT2D eigenvalue weighted by atomic mass is 35.5. The predicted molar refractivity (Wildman–Crippen MR) is 122 cm³/mol. The lowest BCUT2D eigenvalue weighted by atomic mass is 10.1. The van der Waals surface area contributed by atoms with Crippen LogP contribution in [0.25, 0.3) is 16.6 Å². The molecule has 1 aromatic carbocycles. The summed E-state index contributed by atoms with van der Waals surface area (Å²) in [4.78, 5) is 22.3. The van der Waals surface area contributed by atoms with Crippen LogP contribution in [0, 0.1) is 0 Å². The molecule has 0 saturated carbocycles. The fourth-order valence-corrected chi connectivity index (χ4v) is 5.22. The summed E-state index contributed by atoms with van der Waals surface area (Å²) in [6, 6.07) is 9.84. The summed E-state index contributed by atoms with van der Waals surface area (Å²) in [6.07, 6.45) is 3.12. The summed E-state index contributed by atoms with van der Waals surface area (Å²) in [7, 11) is -3.95. The van der Waals surface area contributed by atoms with Crippen molar-refractivity contribution in [3.63, 3.8) is 0 Å². The van der Waals surface area contributed by atoms with Gasteiger partial charge in [-0.3, -0.25) is 0 Å². The predicted octanol–water partition coefficient (Wildman–Crippen LogP) is 4.35. The second kappa shape index (κ2) is 8.22. The van der Waals surface area contributed by atoms with Crippen molar-refractivity contribution in [2.75, 3.05) is 13.1 Å². The second-order valence-electron chi connectivity index (χ2n) is 8.42. The molecule has 0 saturated heterocycles. The molecular formula is C22H23ClN4O4S. The molecule has 10 heteroatoms. The van der Waals surface area contributed by atoms with Crippen LogP contribution in [0.2, 0.25) is 5.15 Å². The van der Waals surface area contributed by atoms with E-state index in [2.05, 4.69) is 9.97 Å². The molecule has 0 radical (unpaired) electrons. The maximum atomic E-state index is 13.6. The van der Waals surface area contributed by atoms with Gasteiger partial charge in [0.2, 0.25) is 0 Å². The van der Waals surface area contributed by atoms with E-state index in [1.807, 2.05) is 26.8 Å². The monoisotopic (exact) mass is 474 g/mol. The molecule has 0 aliphatic carbocycles. The highest BCUT2D eigenvalue weighted by molar-refractivity contribution is 7.90. The van der Waals surface area contributed by atoms with Gasteiger partial charge in [0.1, 0.15) is 17.1 Å². The van der Waals surface area contributed by atoms with Crippen molar-refractivity contribution in [2.24, 2.45) is 0 Å². The third-order valence-electron chi connectivity index (χ3n) is 4.98. The molecule has 0 unspecified atom stereocenters. The first-order chi connectivity index (χ1) is 15.1. The average molecular weight is 475 g/mol. The number of hydrogen-bond acceptors (Lipinski definition) is 6. The van der Waals surface area contributed by atoms with Crippen LogP contribution in [0.3, 0.4) is 0 Å². The van der Waals surface area contributed by atoms with Crippen molar-refractivity contribution >= 4 is 44.3 Å². The molecule has 1 aliphatic heterocycles. The third-order valence-corrected chi connectivity index (χ3v) is 7.00. The Kier molecular flexibility index (Phi) is 5.72. The molecule has 8 nitrogen and oxygen atoms in total. The first-order valence-corrected chi connectivity index (χ1v) is 11.9. The summed E-state index contributed by atoms with van der Waals surface area (Å²) in [6.45, 7) is 6.14. The number of carbonyl (C=O) groups excluding carboxylic acids is 1. The van der Waals surface area contributed by atoms with Gasteiger partial charge in [-0.25, -0.2) is 27.2 Å². The molecule has 0 bridgehead atoms. The lowest BCUT2D eigenvalue weighted by Crippen LogP contribution is -2.39. The molecular weight excluding hydrogens is 452 g/mol. The molecule has 0 atom stereocenters. The molecule has 2 aromatic heterocycles. The van der Waals surface area contributed by atoms with Crippen molar-refractivity contribution in [3.8, 4) is 0 Å². The van der Waals surface area contributed by atoms with Crippen molar-refractivity contribution in [1.29, 1.82) is 0 Å². The summed E-state index contributed by atoms with van der Waals surface area (Å²) in [5.74, 6) is 0. The van der Waals surface area contributed by atoms with Crippen molar-refractivity contribution in [3.05, 3.63) is 59.6 Å². The van der Waals surface area contributed by atoms with Crippen LogP contribution in [0.5, 0.6) is 0 Å². The Morgan fingerprint density at radius 1 is 1.16 bits per heavy atom. The summed E-state index contributed by atoms with van der Waals surface area (Å²) >= 11 is 6.26. The maximum absolute atomic E-state index is 13.6. The fraction of sp³-hybridized carbons (Fsp3) is 0.318. The smallest absolute Gasteiger partial charge is 0.410 e. The molecule has 0 spiro atoms. The standard InChI is InChI=1S/C22H23ClN4O4S/c1-22(2,3)31-21(28)26-11-9-15(10-12-26)18-13-17-19(23)24-14-25-20(17)27(18)32(29,30)16-7-5-4-6-8-16/h4-9,13-14H,10-12H2,1-3H3. The van der Waals surface area contributed by atoms with Crippen LogP contribution in [0.1, 0.15) is 32.9 Å². The van der Waals surface area contributed by atoms with Gasteiger partial charge in [0, 0.05) is 13.1 Å². The molecule has 0 fully saturated rings. The minimum absolute atomic E-state index is 0.139. The van der Waals surface area contributed by atoms with Gasteiger partial charge < -0.3 is 9.64 Å². The number of aromatic nitrogens is 3. The Labute approximate surface area is 191 Å². The lowest BCUT2D eigenvalue weighted by molar-refractivity contribution is 0.0270. The van der Waals surface area contributed by atoms with E-state index in [1.165, 1.54) is 22.4 Å². The van der Waals surface area contributed by atoms with E-state index in [1.54, 1.807) is 29.2 Å². The van der Waals surface area contributed by atoms with Gasteiger partial charge in [0.25, 0.3) is 10.0 Å². The first kappa shape index (κ1) is 22.3. The number of carbonyl (C=O) groups is 1.